The minimum Gasteiger partial charge on any atom is -0.450 e. The van der Waals surface area contributed by atoms with Gasteiger partial charge in [0.2, 0.25) is 5.90 Å². The summed E-state index contributed by atoms with van der Waals surface area (Å²) in [6.07, 6.45) is 1.54. The maximum Gasteiger partial charge on any atom is 0.363 e. The van der Waals surface area contributed by atoms with Crippen LogP contribution >= 0.6 is 31.9 Å². The van der Waals surface area contributed by atoms with Crippen molar-refractivity contribution in [2.45, 2.75) is 0 Å². The van der Waals surface area contributed by atoms with E-state index >= 15 is 0 Å². The fraction of sp³-hybridized carbons (Fsp3) is 0. The Kier molecular flexibility index (Phi) is 3.58. The summed E-state index contributed by atoms with van der Waals surface area (Å²) in [4.78, 5) is 16.0. The van der Waals surface area contributed by atoms with Gasteiger partial charge >= 0.3 is 5.97 Å². The van der Waals surface area contributed by atoms with Crippen molar-refractivity contribution in [1.29, 1.82) is 0 Å². The highest BCUT2D eigenvalue weighted by Gasteiger charge is 2.25. The summed E-state index contributed by atoms with van der Waals surface area (Å²) < 4.78 is 11.9. The van der Waals surface area contributed by atoms with Gasteiger partial charge in [-0.25, -0.2) is 9.79 Å². The predicted molar refractivity (Wildman–Crippen MR) is 81.2 cm³/mol. The molecule has 0 aliphatic carbocycles. The van der Waals surface area contributed by atoms with Crippen molar-refractivity contribution in [3.63, 3.8) is 0 Å². The Morgan fingerprint density at radius 2 is 1.90 bits per heavy atom. The molecule has 1 aromatic heterocycles. The number of hydrogen-bond donors (Lipinski definition) is 0. The number of carbonyl (C=O) groups excluding carboxylic acids is 1. The average molecular weight is 397 g/mol. The molecule has 0 unspecified atom stereocenters. The minimum absolute atomic E-state index is 0.206. The number of rotatable bonds is 2. The highest BCUT2D eigenvalue weighted by Crippen LogP contribution is 2.24. The summed E-state index contributed by atoms with van der Waals surface area (Å²) in [6.45, 7) is 0. The molecule has 1 aromatic carbocycles. The summed E-state index contributed by atoms with van der Waals surface area (Å²) in [7, 11) is 0. The Morgan fingerprint density at radius 3 is 2.60 bits per heavy atom. The average Bonchev–Trinajstić information content (AvgIpc) is 2.98. The van der Waals surface area contributed by atoms with Gasteiger partial charge in [0.25, 0.3) is 0 Å². The molecule has 0 saturated heterocycles. The number of ether oxygens (including phenoxy) is 1. The topological polar surface area (TPSA) is 51.8 Å². The van der Waals surface area contributed by atoms with E-state index in [4.69, 9.17) is 9.15 Å². The lowest BCUT2D eigenvalue weighted by Crippen LogP contribution is -2.05. The summed E-state index contributed by atoms with van der Waals surface area (Å²) in [6, 6.07) is 10.9. The first-order chi connectivity index (χ1) is 9.63. The Labute approximate surface area is 131 Å². The highest BCUT2D eigenvalue weighted by atomic mass is 79.9. The summed E-state index contributed by atoms with van der Waals surface area (Å²) in [5.41, 5.74) is 0.933. The summed E-state index contributed by atoms with van der Waals surface area (Å²) in [5, 5.41) is 0. The van der Waals surface area contributed by atoms with Gasteiger partial charge in [-0.3, -0.25) is 0 Å². The molecule has 20 heavy (non-hydrogen) atoms. The first-order valence-corrected chi connectivity index (χ1v) is 7.25. The van der Waals surface area contributed by atoms with E-state index < -0.39 is 5.97 Å². The van der Waals surface area contributed by atoms with Gasteiger partial charge < -0.3 is 9.15 Å². The predicted octanol–water partition coefficient (Wildman–Crippen LogP) is 4.15. The molecule has 100 valence electrons. The van der Waals surface area contributed by atoms with Crippen molar-refractivity contribution in [1.82, 2.24) is 0 Å². The molecule has 0 saturated carbocycles. The zero-order valence-electron chi connectivity index (χ0n) is 9.97. The monoisotopic (exact) mass is 395 g/mol. The molecule has 1 aliphatic heterocycles. The van der Waals surface area contributed by atoms with Crippen LogP contribution in [0.1, 0.15) is 11.3 Å². The van der Waals surface area contributed by atoms with E-state index in [9.17, 15) is 4.79 Å². The summed E-state index contributed by atoms with van der Waals surface area (Å²) >= 11 is 6.60. The first-order valence-electron chi connectivity index (χ1n) is 5.66. The number of aliphatic imine (C=N–C) groups is 1. The van der Waals surface area contributed by atoms with E-state index in [1.807, 2.05) is 24.3 Å². The first kappa shape index (κ1) is 13.3. The van der Waals surface area contributed by atoms with E-state index in [0.717, 1.165) is 10.0 Å². The quantitative estimate of drug-likeness (QED) is 0.566. The molecule has 4 nitrogen and oxygen atoms in total. The SMILES string of the molecule is O=C1OC(c2ccccc2Br)=NC1=Cc1ccc(Br)o1. The van der Waals surface area contributed by atoms with E-state index in [1.54, 1.807) is 12.1 Å². The van der Waals surface area contributed by atoms with Crippen LogP contribution in [0.3, 0.4) is 0 Å². The van der Waals surface area contributed by atoms with Crippen LogP contribution in [0.4, 0.5) is 0 Å². The fourth-order valence-corrected chi connectivity index (χ4v) is 2.47. The minimum atomic E-state index is -0.497. The van der Waals surface area contributed by atoms with Crippen molar-refractivity contribution >= 4 is 49.8 Å². The molecular weight excluding hydrogens is 390 g/mol. The van der Waals surface area contributed by atoms with Crippen LogP contribution in [0.25, 0.3) is 6.08 Å². The molecule has 0 atom stereocenters. The van der Waals surface area contributed by atoms with Crippen LogP contribution in [-0.4, -0.2) is 11.9 Å². The zero-order valence-corrected chi connectivity index (χ0v) is 13.1. The molecule has 2 aromatic rings. The van der Waals surface area contributed by atoms with Gasteiger partial charge in [0, 0.05) is 10.5 Å². The largest absolute Gasteiger partial charge is 0.450 e. The van der Waals surface area contributed by atoms with Crippen LogP contribution in [0, 0.1) is 0 Å². The lowest BCUT2D eigenvalue weighted by molar-refractivity contribution is -0.129. The number of nitrogens with zero attached hydrogens (tertiary/aromatic N) is 1. The lowest BCUT2D eigenvalue weighted by Gasteiger charge is -2.01. The Bertz CT molecular complexity index is 746. The van der Waals surface area contributed by atoms with Crippen LogP contribution in [0.2, 0.25) is 0 Å². The van der Waals surface area contributed by atoms with Crippen LogP contribution < -0.4 is 0 Å². The van der Waals surface area contributed by atoms with Gasteiger partial charge in [-0.15, -0.1) is 0 Å². The van der Waals surface area contributed by atoms with Crippen molar-refractivity contribution < 1.29 is 13.9 Å². The Hall–Kier alpha value is -1.66. The molecule has 0 radical (unpaired) electrons. The number of hydrogen-bond acceptors (Lipinski definition) is 4. The van der Waals surface area contributed by atoms with Gasteiger partial charge in [-0.2, -0.15) is 0 Å². The van der Waals surface area contributed by atoms with E-state index in [1.165, 1.54) is 6.08 Å². The molecule has 1 aliphatic rings. The molecule has 0 fully saturated rings. The Balaban J connectivity index is 1.97. The van der Waals surface area contributed by atoms with Crippen molar-refractivity contribution in [3.8, 4) is 0 Å². The van der Waals surface area contributed by atoms with Gasteiger partial charge in [0.15, 0.2) is 10.4 Å². The molecule has 3 rings (SSSR count). The van der Waals surface area contributed by atoms with Gasteiger partial charge in [0.05, 0.1) is 5.56 Å². The second-order valence-corrected chi connectivity index (χ2v) is 5.59. The molecule has 0 bridgehead atoms. The smallest absolute Gasteiger partial charge is 0.363 e. The number of halogens is 2. The number of esters is 1. The number of benzene rings is 1. The van der Waals surface area contributed by atoms with Crippen LogP contribution in [0.5, 0.6) is 0 Å². The number of cyclic esters (lactones) is 1. The molecular formula is C14H7Br2NO3. The lowest BCUT2D eigenvalue weighted by atomic mass is 10.2. The van der Waals surface area contributed by atoms with E-state index in [2.05, 4.69) is 36.9 Å². The number of furan rings is 1. The molecule has 6 heteroatoms. The van der Waals surface area contributed by atoms with Crippen molar-refractivity contribution in [2.24, 2.45) is 4.99 Å². The second kappa shape index (κ2) is 5.38. The Morgan fingerprint density at radius 1 is 1.10 bits per heavy atom. The zero-order chi connectivity index (χ0) is 14.1. The standard InChI is InChI=1S/C14H7Br2NO3/c15-10-4-2-1-3-9(10)13-17-11(14(18)20-13)7-8-5-6-12(16)19-8/h1-7H. The molecule has 0 spiro atoms. The third-order valence-electron chi connectivity index (χ3n) is 2.60. The highest BCUT2D eigenvalue weighted by molar-refractivity contribution is 9.10. The normalized spacial score (nSPS) is 16.4. The van der Waals surface area contributed by atoms with Gasteiger partial charge in [-0.1, -0.05) is 12.1 Å². The molecule has 0 N–H and O–H groups in total. The van der Waals surface area contributed by atoms with E-state index in [0.29, 0.717) is 10.4 Å². The van der Waals surface area contributed by atoms with Crippen LogP contribution in [-0.2, 0) is 9.53 Å². The maximum atomic E-state index is 11.8. The third-order valence-corrected chi connectivity index (χ3v) is 3.72. The third kappa shape index (κ3) is 2.62. The maximum absolute atomic E-state index is 11.8. The molecule has 0 amide bonds. The van der Waals surface area contributed by atoms with E-state index in [-0.39, 0.29) is 11.6 Å². The number of carbonyl (C=O) groups is 1. The van der Waals surface area contributed by atoms with Crippen molar-refractivity contribution in [3.05, 3.63) is 62.6 Å². The van der Waals surface area contributed by atoms with Crippen molar-refractivity contribution in [2.75, 3.05) is 0 Å². The second-order valence-electron chi connectivity index (χ2n) is 3.96. The van der Waals surface area contributed by atoms with Gasteiger partial charge in [-0.05, 0) is 56.1 Å². The fourth-order valence-electron chi connectivity index (χ4n) is 1.70. The summed E-state index contributed by atoms with van der Waals surface area (Å²) in [5.74, 6) is 0.309. The molecule has 2 heterocycles. The van der Waals surface area contributed by atoms with Gasteiger partial charge in [0.1, 0.15) is 5.76 Å². The van der Waals surface area contributed by atoms with Crippen LogP contribution in [0.15, 0.2) is 60.6 Å².